The number of nitrogens with zero attached hydrogens (tertiary/aromatic N) is 2. The number of halogens is 1. The SMILES string of the molecule is CCN1CCn2c(=O)[nH]c3cc(Cl)cc(c32)S1(=O)=O. The molecule has 0 bridgehead atoms. The smallest absolute Gasteiger partial charge is 0.305 e. The van der Waals surface area contributed by atoms with E-state index in [4.69, 9.17) is 11.6 Å². The van der Waals surface area contributed by atoms with Gasteiger partial charge in [0.15, 0.2) is 0 Å². The van der Waals surface area contributed by atoms with E-state index in [0.717, 1.165) is 0 Å². The normalized spacial score (nSPS) is 18.6. The van der Waals surface area contributed by atoms with Crippen molar-refractivity contribution in [2.75, 3.05) is 13.1 Å². The van der Waals surface area contributed by atoms with E-state index in [0.29, 0.717) is 24.1 Å². The van der Waals surface area contributed by atoms with Gasteiger partial charge in [-0.2, -0.15) is 4.31 Å². The lowest BCUT2D eigenvalue weighted by Crippen LogP contribution is -2.32. The number of imidazole rings is 1. The van der Waals surface area contributed by atoms with Crippen LogP contribution in [0.3, 0.4) is 0 Å². The summed E-state index contributed by atoms with van der Waals surface area (Å²) in [7, 11) is -3.62. The molecule has 1 aromatic heterocycles. The van der Waals surface area contributed by atoms with Gasteiger partial charge in [0.25, 0.3) is 0 Å². The molecule has 0 fully saturated rings. The van der Waals surface area contributed by atoms with E-state index in [9.17, 15) is 13.2 Å². The van der Waals surface area contributed by atoms with Crippen LogP contribution >= 0.6 is 11.6 Å². The van der Waals surface area contributed by atoms with E-state index in [1.165, 1.54) is 14.9 Å². The van der Waals surface area contributed by atoms with Gasteiger partial charge < -0.3 is 4.98 Å². The van der Waals surface area contributed by atoms with Crippen molar-refractivity contribution in [2.24, 2.45) is 0 Å². The Bertz CT molecular complexity index is 822. The van der Waals surface area contributed by atoms with Crippen molar-refractivity contribution >= 4 is 32.7 Å². The molecule has 2 aromatic rings. The second-order valence-corrected chi connectivity index (χ2v) is 6.72. The third kappa shape index (κ3) is 1.73. The number of aromatic nitrogens is 2. The zero-order valence-electron chi connectivity index (χ0n) is 10.2. The van der Waals surface area contributed by atoms with Crippen LogP contribution in [0.2, 0.25) is 5.02 Å². The number of nitrogens with one attached hydrogen (secondary N) is 1. The quantitative estimate of drug-likeness (QED) is 0.854. The lowest BCUT2D eigenvalue weighted by Gasteiger charge is -2.17. The Balaban J connectivity index is 2.49. The molecular formula is C11H12ClN3O3S. The summed E-state index contributed by atoms with van der Waals surface area (Å²) in [6, 6.07) is 2.96. The maximum atomic E-state index is 12.5. The summed E-state index contributed by atoms with van der Waals surface area (Å²) in [4.78, 5) is 14.6. The second kappa shape index (κ2) is 4.09. The number of H-pyrrole nitrogens is 1. The highest BCUT2D eigenvalue weighted by atomic mass is 35.5. The molecule has 1 aliphatic heterocycles. The average molecular weight is 302 g/mol. The lowest BCUT2D eigenvalue weighted by atomic mass is 10.3. The number of hydrogen-bond donors (Lipinski definition) is 1. The molecule has 0 saturated heterocycles. The Morgan fingerprint density at radius 2 is 2.11 bits per heavy atom. The zero-order valence-corrected chi connectivity index (χ0v) is 11.8. The first-order valence-corrected chi connectivity index (χ1v) is 7.69. The summed E-state index contributed by atoms with van der Waals surface area (Å²) < 4.78 is 27.9. The molecule has 0 unspecified atom stereocenters. The van der Waals surface area contributed by atoms with Crippen molar-refractivity contribution in [3.8, 4) is 0 Å². The molecule has 0 saturated carbocycles. The first kappa shape index (κ1) is 12.7. The molecule has 1 aromatic carbocycles. The number of sulfonamides is 1. The van der Waals surface area contributed by atoms with Crippen LogP contribution in [-0.2, 0) is 16.6 Å². The van der Waals surface area contributed by atoms with Crippen LogP contribution in [0.15, 0.2) is 21.8 Å². The maximum Gasteiger partial charge on any atom is 0.326 e. The van der Waals surface area contributed by atoms with Crippen molar-refractivity contribution in [3.63, 3.8) is 0 Å². The van der Waals surface area contributed by atoms with Gasteiger partial charge in [0, 0.05) is 24.7 Å². The van der Waals surface area contributed by atoms with Crippen molar-refractivity contribution in [3.05, 3.63) is 27.6 Å². The fraction of sp³-hybridized carbons (Fsp3) is 0.364. The summed E-state index contributed by atoms with van der Waals surface area (Å²) in [5.74, 6) is 0. The van der Waals surface area contributed by atoms with E-state index in [-0.39, 0.29) is 22.2 Å². The van der Waals surface area contributed by atoms with Crippen molar-refractivity contribution in [1.29, 1.82) is 0 Å². The van der Waals surface area contributed by atoms with Crippen LogP contribution in [0.1, 0.15) is 6.92 Å². The Morgan fingerprint density at radius 1 is 1.37 bits per heavy atom. The van der Waals surface area contributed by atoms with Gasteiger partial charge in [-0.3, -0.25) is 4.57 Å². The van der Waals surface area contributed by atoms with E-state index in [1.54, 1.807) is 13.0 Å². The zero-order chi connectivity index (χ0) is 13.8. The molecule has 102 valence electrons. The Kier molecular flexibility index (Phi) is 2.74. The largest absolute Gasteiger partial charge is 0.326 e. The third-order valence-corrected chi connectivity index (χ3v) is 5.55. The van der Waals surface area contributed by atoms with E-state index in [2.05, 4.69) is 4.98 Å². The van der Waals surface area contributed by atoms with Gasteiger partial charge in [-0.1, -0.05) is 18.5 Å². The second-order valence-electron chi connectivity index (χ2n) is 4.38. The minimum Gasteiger partial charge on any atom is -0.305 e. The Morgan fingerprint density at radius 3 is 2.79 bits per heavy atom. The molecule has 0 radical (unpaired) electrons. The minimum absolute atomic E-state index is 0.0905. The number of aromatic amines is 1. The molecule has 1 N–H and O–H groups in total. The van der Waals surface area contributed by atoms with Gasteiger partial charge in [0.2, 0.25) is 10.0 Å². The fourth-order valence-corrected chi connectivity index (χ4v) is 4.40. The molecule has 0 aliphatic carbocycles. The molecule has 0 spiro atoms. The Labute approximate surface area is 114 Å². The summed E-state index contributed by atoms with van der Waals surface area (Å²) in [5.41, 5.74) is 0.547. The van der Waals surface area contributed by atoms with E-state index < -0.39 is 10.0 Å². The molecule has 8 heteroatoms. The van der Waals surface area contributed by atoms with Gasteiger partial charge in [-0.25, -0.2) is 13.2 Å². The molecule has 0 amide bonds. The summed E-state index contributed by atoms with van der Waals surface area (Å²) >= 11 is 5.95. The fourth-order valence-electron chi connectivity index (χ4n) is 2.44. The summed E-state index contributed by atoms with van der Waals surface area (Å²) in [6.07, 6.45) is 0. The average Bonchev–Trinajstić information content (AvgIpc) is 2.58. The van der Waals surface area contributed by atoms with Crippen LogP contribution < -0.4 is 5.69 Å². The number of hydrogen-bond acceptors (Lipinski definition) is 3. The molecule has 1 aliphatic rings. The highest BCUT2D eigenvalue weighted by molar-refractivity contribution is 7.89. The summed E-state index contributed by atoms with van der Waals surface area (Å²) in [5, 5.41) is 0.289. The molecule has 0 atom stereocenters. The highest BCUT2D eigenvalue weighted by Crippen LogP contribution is 2.30. The van der Waals surface area contributed by atoms with Crippen LogP contribution in [0.4, 0.5) is 0 Å². The predicted molar refractivity (Wildman–Crippen MR) is 72.0 cm³/mol. The van der Waals surface area contributed by atoms with Crippen LogP contribution in [0.25, 0.3) is 11.0 Å². The third-order valence-electron chi connectivity index (χ3n) is 3.34. The molecule has 3 rings (SSSR count). The number of benzene rings is 1. The van der Waals surface area contributed by atoms with Gasteiger partial charge in [0.05, 0.1) is 11.0 Å². The van der Waals surface area contributed by atoms with Crippen molar-refractivity contribution in [2.45, 2.75) is 18.4 Å². The minimum atomic E-state index is -3.62. The van der Waals surface area contributed by atoms with Crippen LogP contribution in [-0.4, -0.2) is 35.4 Å². The molecule has 19 heavy (non-hydrogen) atoms. The van der Waals surface area contributed by atoms with Crippen molar-refractivity contribution in [1.82, 2.24) is 13.9 Å². The molecule has 2 heterocycles. The molecule has 6 nitrogen and oxygen atoms in total. The number of rotatable bonds is 1. The monoisotopic (exact) mass is 301 g/mol. The first-order chi connectivity index (χ1) is 8.95. The van der Waals surface area contributed by atoms with E-state index in [1.807, 2.05) is 0 Å². The lowest BCUT2D eigenvalue weighted by molar-refractivity contribution is 0.413. The van der Waals surface area contributed by atoms with Gasteiger partial charge in [0.1, 0.15) is 4.90 Å². The first-order valence-electron chi connectivity index (χ1n) is 5.87. The summed E-state index contributed by atoms with van der Waals surface area (Å²) in [6.45, 7) is 2.74. The maximum absolute atomic E-state index is 12.5. The van der Waals surface area contributed by atoms with Crippen molar-refractivity contribution < 1.29 is 8.42 Å². The predicted octanol–water partition coefficient (Wildman–Crippen LogP) is 1.01. The van der Waals surface area contributed by atoms with Crippen LogP contribution in [0.5, 0.6) is 0 Å². The highest BCUT2D eigenvalue weighted by Gasteiger charge is 2.31. The van der Waals surface area contributed by atoms with Gasteiger partial charge in [-0.15, -0.1) is 0 Å². The molecular weight excluding hydrogens is 290 g/mol. The topological polar surface area (TPSA) is 75.2 Å². The standard InChI is InChI=1S/C11H12ClN3O3S/c1-2-14-3-4-15-10-8(13-11(15)16)5-7(12)6-9(10)19(14,17)18/h5-6H,2-4H2,1H3,(H,13,16). The Hall–Kier alpha value is -1.31. The van der Waals surface area contributed by atoms with E-state index >= 15 is 0 Å². The van der Waals surface area contributed by atoms with Gasteiger partial charge in [-0.05, 0) is 12.1 Å². The number of likely N-dealkylation sites (N-methyl/N-ethyl adjacent to an activating group) is 1. The van der Waals surface area contributed by atoms with Gasteiger partial charge >= 0.3 is 5.69 Å². The van der Waals surface area contributed by atoms with Crippen LogP contribution in [0, 0.1) is 0 Å².